The third-order valence-electron chi connectivity index (χ3n) is 3.87. The number of thiazole rings is 1. The monoisotopic (exact) mass is 311 g/mol. The molecule has 1 aromatic rings. The zero-order valence-electron chi connectivity index (χ0n) is 14.3. The zero-order valence-corrected chi connectivity index (χ0v) is 15.1. The van der Waals surface area contributed by atoms with Gasteiger partial charge in [-0.25, -0.2) is 4.98 Å². The fraction of sp³-hybridized carbons (Fsp3) is 0.833. The van der Waals surface area contributed by atoms with Crippen LogP contribution in [0.3, 0.4) is 0 Å². The zero-order chi connectivity index (χ0) is 15.7. The Morgan fingerprint density at radius 1 is 1.10 bits per heavy atom. The second kappa shape index (κ2) is 9.58. The van der Waals surface area contributed by atoms with Gasteiger partial charge < -0.3 is 5.11 Å². The van der Waals surface area contributed by atoms with Crippen LogP contribution in [0.15, 0.2) is 5.38 Å². The van der Waals surface area contributed by atoms with Gasteiger partial charge in [0.2, 0.25) is 0 Å². The highest BCUT2D eigenvalue weighted by molar-refractivity contribution is 7.09. The molecule has 1 aromatic heterocycles. The Hall–Kier alpha value is -0.410. The summed E-state index contributed by atoms with van der Waals surface area (Å²) in [6.07, 6.45) is 10.5. The van der Waals surface area contributed by atoms with Crippen LogP contribution in [0.1, 0.15) is 89.8 Å². The Morgan fingerprint density at radius 3 is 2.29 bits per heavy atom. The fourth-order valence-corrected chi connectivity index (χ4v) is 3.48. The molecule has 1 N–H and O–H groups in total. The number of aromatic nitrogens is 1. The fourth-order valence-electron chi connectivity index (χ4n) is 2.39. The van der Waals surface area contributed by atoms with Crippen LogP contribution in [0, 0.1) is 0 Å². The van der Waals surface area contributed by atoms with Crippen LogP contribution in [0.4, 0.5) is 0 Å². The van der Waals surface area contributed by atoms with Crippen LogP contribution in [0.25, 0.3) is 0 Å². The molecule has 0 fully saturated rings. The molecule has 0 radical (unpaired) electrons. The van der Waals surface area contributed by atoms with E-state index in [2.05, 4.69) is 38.1 Å². The number of aliphatic hydroxyl groups is 1. The maximum Gasteiger partial charge on any atom is 0.0954 e. The summed E-state index contributed by atoms with van der Waals surface area (Å²) in [5.74, 6) is 0. The molecule has 2 nitrogen and oxygen atoms in total. The van der Waals surface area contributed by atoms with Crippen LogP contribution in [-0.2, 0) is 11.8 Å². The maximum atomic E-state index is 10.1. The van der Waals surface area contributed by atoms with E-state index in [-0.39, 0.29) is 11.5 Å². The average molecular weight is 312 g/mol. The standard InChI is InChI=1S/C18H33NOS/c1-5-6-7-8-9-10-11-12-15(20)13-17-19-16(14-21-17)18(2,3)4/h14-15,20H,5-13H2,1-4H3. The molecule has 0 bridgehead atoms. The molecule has 0 aliphatic rings. The number of hydrogen-bond donors (Lipinski definition) is 1. The van der Waals surface area contributed by atoms with Gasteiger partial charge in [-0.15, -0.1) is 11.3 Å². The first-order valence-electron chi connectivity index (χ1n) is 8.56. The number of unbranched alkanes of at least 4 members (excludes halogenated alkanes) is 6. The highest BCUT2D eigenvalue weighted by Crippen LogP contribution is 2.24. The van der Waals surface area contributed by atoms with Crippen molar-refractivity contribution in [1.29, 1.82) is 0 Å². The van der Waals surface area contributed by atoms with E-state index in [0.717, 1.165) is 30.0 Å². The third-order valence-corrected chi connectivity index (χ3v) is 4.74. The quantitative estimate of drug-likeness (QED) is 0.580. The predicted molar refractivity (Wildman–Crippen MR) is 93.1 cm³/mol. The average Bonchev–Trinajstić information content (AvgIpc) is 2.86. The van der Waals surface area contributed by atoms with Gasteiger partial charge in [0.1, 0.15) is 0 Å². The summed E-state index contributed by atoms with van der Waals surface area (Å²) in [5, 5.41) is 13.3. The molecular formula is C18H33NOS. The number of nitrogens with zero attached hydrogens (tertiary/aromatic N) is 1. The van der Waals surface area contributed by atoms with Gasteiger partial charge in [0, 0.05) is 17.2 Å². The summed E-state index contributed by atoms with van der Waals surface area (Å²) in [6, 6.07) is 0. The summed E-state index contributed by atoms with van der Waals surface area (Å²) < 4.78 is 0. The lowest BCUT2D eigenvalue weighted by Crippen LogP contribution is -2.13. The van der Waals surface area contributed by atoms with Gasteiger partial charge in [0.05, 0.1) is 16.8 Å². The smallest absolute Gasteiger partial charge is 0.0954 e. The van der Waals surface area contributed by atoms with Crippen molar-refractivity contribution in [3.8, 4) is 0 Å². The first-order chi connectivity index (χ1) is 9.93. The summed E-state index contributed by atoms with van der Waals surface area (Å²) >= 11 is 1.69. The van der Waals surface area contributed by atoms with Crippen molar-refractivity contribution in [3.05, 3.63) is 16.1 Å². The van der Waals surface area contributed by atoms with E-state index in [1.807, 2.05) is 0 Å². The minimum Gasteiger partial charge on any atom is -0.393 e. The van der Waals surface area contributed by atoms with Crippen LogP contribution >= 0.6 is 11.3 Å². The van der Waals surface area contributed by atoms with E-state index < -0.39 is 0 Å². The molecule has 21 heavy (non-hydrogen) atoms. The van der Waals surface area contributed by atoms with Gasteiger partial charge in [-0.2, -0.15) is 0 Å². The Labute approximate surface area is 135 Å². The Bertz CT molecular complexity index is 381. The second-order valence-electron chi connectivity index (χ2n) is 7.14. The second-order valence-corrected chi connectivity index (χ2v) is 8.09. The summed E-state index contributed by atoms with van der Waals surface area (Å²) in [6.45, 7) is 8.79. The van der Waals surface area contributed by atoms with Crippen LogP contribution in [-0.4, -0.2) is 16.2 Å². The summed E-state index contributed by atoms with van der Waals surface area (Å²) in [5.41, 5.74) is 1.25. The molecule has 0 spiro atoms. The molecule has 0 aliphatic heterocycles. The van der Waals surface area contributed by atoms with Crippen molar-refractivity contribution in [2.75, 3.05) is 0 Å². The number of rotatable bonds is 10. The lowest BCUT2D eigenvalue weighted by molar-refractivity contribution is 0.160. The molecule has 1 atom stereocenters. The molecule has 122 valence electrons. The topological polar surface area (TPSA) is 33.1 Å². The highest BCUT2D eigenvalue weighted by atomic mass is 32.1. The largest absolute Gasteiger partial charge is 0.393 e. The Morgan fingerprint density at radius 2 is 1.71 bits per heavy atom. The molecule has 0 amide bonds. The predicted octanol–water partition coefficient (Wildman–Crippen LogP) is 5.48. The highest BCUT2D eigenvalue weighted by Gasteiger charge is 2.18. The first kappa shape index (κ1) is 18.6. The summed E-state index contributed by atoms with van der Waals surface area (Å²) in [7, 11) is 0. The molecule has 1 heterocycles. The van der Waals surface area contributed by atoms with Crippen LogP contribution in [0.5, 0.6) is 0 Å². The molecule has 0 saturated carbocycles. The lowest BCUT2D eigenvalue weighted by atomic mass is 9.93. The maximum absolute atomic E-state index is 10.1. The van der Waals surface area contributed by atoms with E-state index in [1.54, 1.807) is 11.3 Å². The van der Waals surface area contributed by atoms with Crippen molar-refractivity contribution >= 4 is 11.3 Å². The molecule has 0 saturated heterocycles. The van der Waals surface area contributed by atoms with E-state index in [1.165, 1.54) is 38.5 Å². The lowest BCUT2D eigenvalue weighted by Gasteiger charge is -2.14. The molecule has 1 unspecified atom stereocenters. The molecule has 0 aromatic carbocycles. The van der Waals surface area contributed by atoms with E-state index in [4.69, 9.17) is 0 Å². The number of hydrogen-bond acceptors (Lipinski definition) is 3. The van der Waals surface area contributed by atoms with Gasteiger partial charge in [0.25, 0.3) is 0 Å². The van der Waals surface area contributed by atoms with Gasteiger partial charge in [-0.1, -0.05) is 72.6 Å². The molecule has 1 rings (SSSR count). The molecular weight excluding hydrogens is 278 g/mol. The van der Waals surface area contributed by atoms with Crippen molar-refractivity contribution in [3.63, 3.8) is 0 Å². The Kier molecular flexibility index (Phi) is 8.50. The van der Waals surface area contributed by atoms with Crippen LogP contribution in [0.2, 0.25) is 0 Å². The Balaban J connectivity index is 2.16. The van der Waals surface area contributed by atoms with Crippen LogP contribution < -0.4 is 0 Å². The summed E-state index contributed by atoms with van der Waals surface area (Å²) in [4.78, 5) is 4.66. The molecule has 0 aliphatic carbocycles. The SMILES string of the molecule is CCCCCCCCCC(O)Cc1nc(C(C)(C)C)cs1. The van der Waals surface area contributed by atoms with E-state index in [0.29, 0.717) is 0 Å². The first-order valence-corrected chi connectivity index (χ1v) is 9.44. The number of aliphatic hydroxyl groups excluding tert-OH is 1. The minimum atomic E-state index is -0.223. The van der Waals surface area contributed by atoms with Gasteiger partial charge in [-0.3, -0.25) is 0 Å². The van der Waals surface area contributed by atoms with Gasteiger partial charge in [-0.05, 0) is 6.42 Å². The third kappa shape index (κ3) is 7.96. The molecule has 3 heteroatoms. The van der Waals surface area contributed by atoms with Crippen molar-refractivity contribution in [1.82, 2.24) is 4.98 Å². The van der Waals surface area contributed by atoms with Crippen molar-refractivity contribution in [2.45, 2.75) is 97.0 Å². The van der Waals surface area contributed by atoms with Crippen molar-refractivity contribution < 1.29 is 5.11 Å². The minimum absolute atomic E-state index is 0.109. The van der Waals surface area contributed by atoms with E-state index >= 15 is 0 Å². The van der Waals surface area contributed by atoms with Crippen molar-refractivity contribution in [2.24, 2.45) is 0 Å². The normalized spacial score (nSPS) is 13.6. The van der Waals surface area contributed by atoms with Gasteiger partial charge >= 0.3 is 0 Å². The van der Waals surface area contributed by atoms with Gasteiger partial charge in [0.15, 0.2) is 0 Å². The van der Waals surface area contributed by atoms with E-state index in [9.17, 15) is 5.11 Å².